The van der Waals surface area contributed by atoms with Crippen molar-refractivity contribution in [3.05, 3.63) is 23.8 Å². The van der Waals surface area contributed by atoms with Crippen LogP contribution in [0.25, 0.3) is 0 Å². The van der Waals surface area contributed by atoms with E-state index in [2.05, 4.69) is 5.32 Å². The van der Waals surface area contributed by atoms with Gasteiger partial charge >= 0.3 is 0 Å². The highest BCUT2D eigenvalue weighted by atomic mass is 32.2. The smallest absolute Gasteiger partial charge is 0.237 e. The van der Waals surface area contributed by atoms with E-state index in [4.69, 9.17) is 5.73 Å². The van der Waals surface area contributed by atoms with Gasteiger partial charge in [-0.1, -0.05) is 13.0 Å². The Morgan fingerprint density at radius 3 is 2.75 bits per heavy atom. The molecular weight excluding hydrogens is 224 g/mol. The van der Waals surface area contributed by atoms with Crippen molar-refractivity contribution in [2.45, 2.75) is 13.8 Å². The summed E-state index contributed by atoms with van der Waals surface area (Å²) >= 11 is 0. The van der Waals surface area contributed by atoms with E-state index in [9.17, 15) is 9.00 Å². The number of carbonyl (C=O) groups is 1. The first kappa shape index (κ1) is 12.7. The van der Waals surface area contributed by atoms with Gasteiger partial charge in [-0.3, -0.25) is 9.00 Å². The second-order valence-electron chi connectivity index (χ2n) is 3.51. The average Bonchev–Trinajstić information content (AvgIpc) is 2.22. The van der Waals surface area contributed by atoms with E-state index in [0.29, 0.717) is 17.1 Å². The van der Waals surface area contributed by atoms with Gasteiger partial charge in [0, 0.05) is 16.6 Å². The molecule has 4 nitrogen and oxygen atoms in total. The molecule has 16 heavy (non-hydrogen) atoms. The Morgan fingerprint density at radius 1 is 1.50 bits per heavy atom. The third kappa shape index (κ3) is 3.66. The van der Waals surface area contributed by atoms with Crippen LogP contribution in [-0.2, 0) is 15.6 Å². The van der Waals surface area contributed by atoms with E-state index in [1.165, 1.54) is 0 Å². The number of nitrogen functional groups attached to an aromatic ring is 1. The van der Waals surface area contributed by atoms with Crippen LogP contribution in [0.1, 0.15) is 12.5 Å². The molecule has 5 heteroatoms. The number of aryl methyl sites for hydroxylation is 1. The molecule has 0 fully saturated rings. The van der Waals surface area contributed by atoms with Gasteiger partial charge < -0.3 is 11.1 Å². The SMILES string of the molecule is CCS(=O)CC(=O)Nc1ccc(C)cc1N. The maximum Gasteiger partial charge on any atom is 0.237 e. The second-order valence-corrected chi connectivity index (χ2v) is 5.26. The summed E-state index contributed by atoms with van der Waals surface area (Å²) in [6, 6.07) is 5.40. The Hall–Kier alpha value is -1.36. The average molecular weight is 240 g/mol. The number of rotatable bonds is 4. The van der Waals surface area contributed by atoms with E-state index < -0.39 is 10.8 Å². The number of amides is 1. The minimum Gasteiger partial charge on any atom is -0.397 e. The van der Waals surface area contributed by atoms with Gasteiger partial charge in [-0.2, -0.15) is 0 Å². The van der Waals surface area contributed by atoms with Crippen LogP contribution < -0.4 is 11.1 Å². The summed E-state index contributed by atoms with van der Waals surface area (Å²) in [6.45, 7) is 3.71. The maximum absolute atomic E-state index is 11.5. The summed E-state index contributed by atoms with van der Waals surface area (Å²) in [7, 11) is -1.09. The fourth-order valence-electron chi connectivity index (χ4n) is 1.23. The molecule has 88 valence electrons. The quantitative estimate of drug-likeness (QED) is 0.779. The molecule has 1 aromatic rings. The summed E-state index contributed by atoms with van der Waals surface area (Å²) in [6.07, 6.45) is 0. The van der Waals surface area contributed by atoms with Crippen LogP contribution in [0, 0.1) is 6.92 Å². The lowest BCUT2D eigenvalue weighted by molar-refractivity contribution is -0.113. The number of carbonyl (C=O) groups excluding carboxylic acids is 1. The zero-order chi connectivity index (χ0) is 12.1. The van der Waals surface area contributed by atoms with Crippen molar-refractivity contribution >= 4 is 28.1 Å². The second kappa shape index (κ2) is 5.65. The summed E-state index contributed by atoms with van der Waals surface area (Å²) in [4.78, 5) is 11.5. The number of nitrogens with two attached hydrogens (primary N) is 1. The van der Waals surface area contributed by atoms with Crippen LogP contribution >= 0.6 is 0 Å². The van der Waals surface area contributed by atoms with Gasteiger partial charge in [0.05, 0.1) is 11.4 Å². The lowest BCUT2D eigenvalue weighted by atomic mass is 10.2. The standard InChI is InChI=1S/C11H16N2O2S/c1-3-16(15)7-11(14)13-10-5-4-8(2)6-9(10)12/h4-6H,3,7,12H2,1-2H3,(H,13,14). The van der Waals surface area contributed by atoms with Crippen molar-refractivity contribution in [1.82, 2.24) is 0 Å². The van der Waals surface area contributed by atoms with Crippen molar-refractivity contribution in [2.75, 3.05) is 22.6 Å². The highest BCUT2D eigenvalue weighted by Crippen LogP contribution is 2.19. The van der Waals surface area contributed by atoms with E-state index in [1.807, 2.05) is 13.0 Å². The molecule has 0 radical (unpaired) electrons. The van der Waals surface area contributed by atoms with Crippen LogP contribution in [0.3, 0.4) is 0 Å². The molecule has 1 unspecified atom stereocenters. The van der Waals surface area contributed by atoms with Gasteiger partial charge in [-0.05, 0) is 24.6 Å². The Morgan fingerprint density at radius 2 is 2.19 bits per heavy atom. The first-order chi connectivity index (χ1) is 7.52. The van der Waals surface area contributed by atoms with Crippen molar-refractivity contribution in [2.24, 2.45) is 0 Å². The molecule has 0 aliphatic heterocycles. The van der Waals surface area contributed by atoms with Gasteiger partial charge in [-0.15, -0.1) is 0 Å². The third-order valence-corrected chi connectivity index (χ3v) is 3.32. The Kier molecular flexibility index (Phi) is 4.49. The summed E-state index contributed by atoms with van der Waals surface area (Å²) < 4.78 is 11.2. The summed E-state index contributed by atoms with van der Waals surface area (Å²) in [5, 5.41) is 2.65. The lowest BCUT2D eigenvalue weighted by Crippen LogP contribution is -2.20. The van der Waals surface area contributed by atoms with Gasteiger partial charge in [0.2, 0.25) is 5.91 Å². The zero-order valence-corrected chi connectivity index (χ0v) is 10.3. The number of anilines is 2. The molecule has 1 atom stereocenters. The number of hydrogen-bond donors (Lipinski definition) is 2. The van der Waals surface area contributed by atoms with E-state index in [0.717, 1.165) is 5.56 Å². The topological polar surface area (TPSA) is 72.2 Å². The zero-order valence-electron chi connectivity index (χ0n) is 9.45. The Balaban J connectivity index is 2.66. The molecule has 1 aromatic carbocycles. The van der Waals surface area contributed by atoms with Crippen molar-refractivity contribution in [3.63, 3.8) is 0 Å². The minimum atomic E-state index is -1.09. The van der Waals surface area contributed by atoms with Crippen LogP contribution in [0.2, 0.25) is 0 Å². The monoisotopic (exact) mass is 240 g/mol. The normalized spacial score (nSPS) is 12.1. The molecule has 0 saturated heterocycles. The van der Waals surface area contributed by atoms with E-state index in [1.54, 1.807) is 19.1 Å². The fraction of sp³-hybridized carbons (Fsp3) is 0.364. The van der Waals surface area contributed by atoms with Gasteiger partial charge in [0.25, 0.3) is 0 Å². The molecule has 0 aliphatic rings. The largest absolute Gasteiger partial charge is 0.397 e. The predicted octanol–water partition coefficient (Wildman–Crippen LogP) is 1.28. The molecule has 3 N–H and O–H groups in total. The molecule has 0 bridgehead atoms. The van der Waals surface area contributed by atoms with E-state index >= 15 is 0 Å². The van der Waals surface area contributed by atoms with Crippen molar-refractivity contribution in [1.29, 1.82) is 0 Å². The predicted molar refractivity (Wildman–Crippen MR) is 67.8 cm³/mol. The lowest BCUT2D eigenvalue weighted by Gasteiger charge is -2.08. The maximum atomic E-state index is 11.5. The highest BCUT2D eigenvalue weighted by Gasteiger charge is 2.08. The van der Waals surface area contributed by atoms with Crippen molar-refractivity contribution in [3.8, 4) is 0 Å². The minimum absolute atomic E-state index is 0.0177. The van der Waals surface area contributed by atoms with Crippen LogP contribution in [0.5, 0.6) is 0 Å². The van der Waals surface area contributed by atoms with Crippen LogP contribution in [0.15, 0.2) is 18.2 Å². The van der Waals surface area contributed by atoms with E-state index in [-0.39, 0.29) is 11.7 Å². The molecule has 1 amide bonds. The fourth-order valence-corrected chi connectivity index (χ4v) is 1.80. The van der Waals surface area contributed by atoms with Gasteiger partial charge in [-0.25, -0.2) is 0 Å². The van der Waals surface area contributed by atoms with Crippen molar-refractivity contribution < 1.29 is 9.00 Å². The molecule has 0 saturated carbocycles. The number of hydrogen-bond acceptors (Lipinski definition) is 3. The van der Waals surface area contributed by atoms with Crippen LogP contribution in [0.4, 0.5) is 11.4 Å². The summed E-state index contributed by atoms with van der Waals surface area (Å²) in [5.74, 6) is 0.233. The Labute approximate surface area is 97.7 Å². The first-order valence-corrected chi connectivity index (χ1v) is 6.52. The Bertz CT molecular complexity index is 418. The molecule has 1 rings (SSSR count). The molecular formula is C11H16N2O2S. The number of nitrogens with one attached hydrogen (secondary N) is 1. The van der Waals surface area contributed by atoms with Crippen LogP contribution in [-0.4, -0.2) is 21.6 Å². The highest BCUT2D eigenvalue weighted by molar-refractivity contribution is 7.85. The van der Waals surface area contributed by atoms with Gasteiger partial charge in [0.1, 0.15) is 5.75 Å². The third-order valence-electron chi connectivity index (χ3n) is 2.10. The molecule has 0 aromatic heterocycles. The molecule has 0 heterocycles. The van der Waals surface area contributed by atoms with Gasteiger partial charge in [0.15, 0.2) is 0 Å². The molecule has 0 aliphatic carbocycles. The first-order valence-electron chi connectivity index (χ1n) is 5.04. The molecule has 0 spiro atoms. The number of benzene rings is 1. The summed E-state index contributed by atoms with van der Waals surface area (Å²) in [5.41, 5.74) is 7.87.